The van der Waals surface area contributed by atoms with Gasteiger partial charge in [-0.2, -0.15) is 8.93 Å². The molecule has 0 saturated carbocycles. The maximum Gasteiger partial charge on any atom is 0.195 e. The highest BCUT2D eigenvalue weighted by atomic mass is 79.9. The third kappa shape index (κ3) is 5.43. The van der Waals surface area contributed by atoms with Crippen LogP contribution in [0.3, 0.4) is 0 Å². The summed E-state index contributed by atoms with van der Waals surface area (Å²) in [6, 6.07) is 12.2. The first kappa shape index (κ1) is 16.9. The first-order chi connectivity index (χ1) is 8.92. The van der Waals surface area contributed by atoms with Crippen molar-refractivity contribution in [3.05, 3.63) is 59.9 Å². The Hall–Kier alpha value is -1.20. The van der Waals surface area contributed by atoms with E-state index in [1.54, 1.807) is 12.5 Å². The lowest BCUT2D eigenvalue weighted by atomic mass is 10.2. The van der Waals surface area contributed by atoms with Crippen LogP contribution in [-0.2, 0) is 16.3 Å². The molecule has 0 spiro atoms. The zero-order valence-corrected chi connectivity index (χ0v) is 14.3. The molecular weight excluding hydrogens is 336 g/mol. The molecule has 0 aliphatic heterocycles. The second-order valence-corrected chi connectivity index (χ2v) is 7.55. The Kier molecular flexibility index (Phi) is 5.89. The first-order valence-corrected chi connectivity index (χ1v) is 8.47. The van der Waals surface area contributed by atoms with Crippen LogP contribution < -0.4 is 21.5 Å². The third-order valence-corrected chi connectivity index (χ3v) is 3.23. The number of rotatable bonds is 3. The van der Waals surface area contributed by atoms with Gasteiger partial charge in [-0.25, -0.2) is 4.21 Å². The second-order valence-electron chi connectivity index (χ2n) is 5.00. The van der Waals surface area contributed by atoms with Crippen LogP contribution in [0.4, 0.5) is 5.69 Å². The SMILES string of the molecule is Cc1cc(N=S(C)(C)=O)c[n+](Cc2ccccc2)c1.[Br-]. The molecular formula is C15H19BrN2OS. The molecule has 1 aromatic heterocycles. The number of aryl methyl sites for hydroxylation is 1. The fourth-order valence-corrected chi connectivity index (χ4v) is 2.57. The van der Waals surface area contributed by atoms with Crippen LogP contribution in [-0.4, -0.2) is 16.7 Å². The van der Waals surface area contributed by atoms with Crippen LogP contribution in [0.5, 0.6) is 0 Å². The molecule has 0 amide bonds. The fraction of sp³-hybridized carbons (Fsp3) is 0.267. The van der Waals surface area contributed by atoms with E-state index >= 15 is 0 Å². The summed E-state index contributed by atoms with van der Waals surface area (Å²) >= 11 is 0. The summed E-state index contributed by atoms with van der Waals surface area (Å²) in [5.74, 6) is 0. The van der Waals surface area contributed by atoms with E-state index in [0.717, 1.165) is 17.8 Å². The Bertz CT molecular complexity index is 684. The van der Waals surface area contributed by atoms with Crippen LogP contribution in [0.15, 0.2) is 53.2 Å². The standard InChI is InChI=1S/C15H19N2OS.BrH/c1-13-9-15(16-19(2,3)18)12-17(10-13)11-14-7-5-4-6-8-14;/h4-10,12H,11H2,1-3H3;1H/q+1;/p-1. The molecule has 3 nitrogen and oxygen atoms in total. The van der Waals surface area contributed by atoms with Crippen LogP contribution in [0.2, 0.25) is 0 Å². The summed E-state index contributed by atoms with van der Waals surface area (Å²) in [6.07, 6.45) is 7.31. The molecule has 1 heterocycles. The fourth-order valence-electron chi connectivity index (χ4n) is 1.97. The van der Waals surface area contributed by atoms with Crippen molar-refractivity contribution in [3.63, 3.8) is 0 Å². The van der Waals surface area contributed by atoms with Gasteiger partial charge in [0.05, 0.1) is 0 Å². The lowest BCUT2D eigenvalue weighted by Gasteiger charge is -2.01. The maximum absolute atomic E-state index is 11.8. The van der Waals surface area contributed by atoms with Crippen LogP contribution in [0.25, 0.3) is 0 Å². The van der Waals surface area contributed by atoms with Crippen molar-refractivity contribution in [2.45, 2.75) is 13.5 Å². The lowest BCUT2D eigenvalue weighted by Crippen LogP contribution is -3.00. The lowest BCUT2D eigenvalue weighted by molar-refractivity contribution is -0.688. The molecule has 108 valence electrons. The van der Waals surface area contributed by atoms with Gasteiger partial charge < -0.3 is 17.0 Å². The summed E-state index contributed by atoms with van der Waals surface area (Å²) in [5, 5.41) is 0. The zero-order chi connectivity index (χ0) is 13.9. The third-order valence-electron chi connectivity index (χ3n) is 2.58. The van der Waals surface area contributed by atoms with Crippen LogP contribution in [0, 0.1) is 6.92 Å². The molecule has 20 heavy (non-hydrogen) atoms. The van der Waals surface area contributed by atoms with Crippen molar-refractivity contribution in [2.75, 3.05) is 12.5 Å². The van der Waals surface area contributed by atoms with Crippen LogP contribution in [0.1, 0.15) is 11.1 Å². The highest BCUT2D eigenvalue weighted by Gasteiger charge is 2.07. The molecule has 0 N–H and O–H groups in total. The summed E-state index contributed by atoms with van der Waals surface area (Å²) in [6.45, 7) is 2.81. The second kappa shape index (κ2) is 6.99. The van der Waals surface area contributed by atoms with Crippen molar-refractivity contribution in [1.29, 1.82) is 0 Å². The average molecular weight is 355 g/mol. The van der Waals surface area contributed by atoms with Crippen molar-refractivity contribution in [1.82, 2.24) is 0 Å². The van der Waals surface area contributed by atoms with Gasteiger partial charge in [-0.3, -0.25) is 0 Å². The minimum Gasteiger partial charge on any atom is -1.00 e. The van der Waals surface area contributed by atoms with Gasteiger partial charge in [-0.1, -0.05) is 30.3 Å². The highest BCUT2D eigenvalue weighted by molar-refractivity contribution is 7.92. The Balaban J connectivity index is 0.00000200. The number of hydrogen-bond acceptors (Lipinski definition) is 2. The smallest absolute Gasteiger partial charge is 0.195 e. The van der Waals surface area contributed by atoms with Gasteiger partial charge >= 0.3 is 0 Å². The van der Waals surface area contributed by atoms with E-state index in [4.69, 9.17) is 0 Å². The minimum absolute atomic E-state index is 0. The largest absolute Gasteiger partial charge is 1.00 e. The molecule has 2 aromatic rings. The number of hydrogen-bond donors (Lipinski definition) is 0. The Morgan fingerprint density at radius 3 is 2.40 bits per heavy atom. The van der Waals surface area contributed by atoms with E-state index in [-0.39, 0.29) is 17.0 Å². The van der Waals surface area contributed by atoms with Crippen molar-refractivity contribution >= 4 is 15.4 Å². The molecule has 0 aliphatic rings. The van der Waals surface area contributed by atoms with E-state index in [9.17, 15) is 4.21 Å². The van der Waals surface area contributed by atoms with Gasteiger partial charge in [0.25, 0.3) is 0 Å². The van der Waals surface area contributed by atoms with Gasteiger partial charge in [0.2, 0.25) is 0 Å². The zero-order valence-electron chi connectivity index (χ0n) is 11.9. The summed E-state index contributed by atoms with van der Waals surface area (Å²) in [7, 11) is -2.12. The predicted octanol–water partition coefficient (Wildman–Crippen LogP) is -0.306. The summed E-state index contributed by atoms with van der Waals surface area (Å²) < 4.78 is 18.1. The molecule has 0 atom stereocenters. The molecule has 0 aliphatic carbocycles. The molecule has 0 fully saturated rings. The first-order valence-electron chi connectivity index (χ1n) is 6.14. The van der Waals surface area contributed by atoms with Crippen molar-refractivity contribution in [2.24, 2.45) is 4.36 Å². The van der Waals surface area contributed by atoms with E-state index in [1.165, 1.54) is 5.56 Å². The Morgan fingerprint density at radius 1 is 1.15 bits per heavy atom. The van der Waals surface area contributed by atoms with E-state index in [2.05, 4.69) is 27.3 Å². The van der Waals surface area contributed by atoms with Gasteiger partial charge in [-0.15, -0.1) is 0 Å². The quantitative estimate of drug-likeness (QED) is 0.696. The minimum atomic E-state index is -2.12. The van der Waals surface area contributed by atoms with E-state index < -0.39 is 9.73 Å². The molecule has 1 aromatic carbocycles. The summed E-state index contributed by atoms with van der Waals surface area (Å²) in [4.78, 5) is 0. The van der Waals surface area contributed by atoms with Gasteiger partial charge in [-0.05, 0) is 13.0 Å². The molecule has 0 saturated heterocycles. The molecule has 2 rings (SSSR count). The monoisotopic (exact) mass is 354 g/mol. The number of aromatic nitrogens is 1. The highest BCUT2D eigenvalue weighted by Crippen LogP contribution is 2.13. The van der Waals surface area contributed by atoms with E-state index in [0.29, 0.717) is 0 Å². The topological polar surface area (TPSA) is 33.3 Å². The van der Waals surface area contributed by atoms with Gasteiger partial charge in [0.1, 0.15) is 5.69 Å². The Labute approximate surface area is 131 Å². The maximum atomic E-state index is 11.8. The van der Waals surface area contributed by atoms with Crippen molar-refractivity contribution < 1.29 is 25.8 Å². The van der Waals surface area contributed by atoms with Crippen LogP contribution >= 0.6 is 0 Å². The van der Waals surface area contributed by atoms with Gasteiger partial charge in [0.15, 0.2) is 18.9 Å². The number of benzene rings is 1. The van der Waals surface area contributed by atoms with Gasteiger partial charge in [0, 0.05) is 33.4 Å². The summed E-state index contributed by atoms with van der Waals surface area (Å²) in [5.41, 5.74) is 3.12. The molecule has 0 bridgehead atoms. The number of pyridine rings is 1. The van der Waals surface area contributed by atoms with Crippen molar-refractivity contribution in [3.8, 4) is 0 Å². The van der Waals surface area contributed by atoms with E-state index in [1.807, 2.05) is 37.4 Å². The average Bonchev–Trinajstić information content (AvgIpc) is 2.26. The number of nitrogens with zero attached hydrogens (tertiary/aromatic N) is 2. The number of halogens is 1. The molecule has 0 radical (unpaired) electrons. The molecule has 5 heteroatoms. The Morgan fingerprint density at radius 2 is 1.80 bits per heavy atom. The predicted molar refractivity (Wildman–Crippen MR) is 79.0 cm³/mol. The molecule has 0 unspecified atom stereocenters. The normalized spacial score (nSPS) is 10.8.